The molecule has 126 valence electrons. The number of hydrogen-bond donors (Lipinski definition) is 1. The van der Waals surface area contributed by atoms with Gasteiger partial charge in [0.1, 0.15) is 0 Å². The maximum absolute atomic E-state index is 10.3. The molecule has 0 spiro atoms. The zero-order chi connectivity index (χ0) is 15.1. The predicted molar refractivity (Wildman–Crippen MR) is 87.1 cm³/mol. The summed E-state index contributed by atoms with van der Waals surface area (Å²) in [6.07, 6.45) is 17.3. The average Bonchev–Trinajstić information content (AvgIpc) is 2.38. The molecule has 0 saturated heterocycles. The second-order valence-corrected chi connectivity index (χ2v) is 6.57. The second kappa shape index (κ2) is 18.2. The molecule has 0 atom stereocenters. The Balaban J connectivity index is 0. The van der Waals surface area contributed by atoms with Crippen molar-refractivity contribution < 1.29 is 31.0 Å². The van der Waals surface area contributed by atoms with Gasteiger partial charge < -0.3 is 5.11 Å². The van der Waals surface area contributed by atoms with Gasteiger partial charge in [-0.3, -0.25) is 4.79 Å². The van der Waals surface area contributed by atoms with Crippen molar-refractivity contribution in [3.05, 3.63) is 0 Å². The zero-order valence-corrected chi connectivity index (χ0v) is 16.2. The van der Waals surface area contributed by atoms with Gasteiger partial charge in [0.05, 0.1) is 0 Å². The van der Waals surface area contributed by atoms with Gasteiger partial charge in [-0.05, 0) is 12.3 Å². The predicted octanol–water partition coefficient (Wildman–Crippen LogP) is 6.19. The van der Waals surface area contributed by atoms with Crippen molar-refractivity contribution in [3.63, 3.8) is 0 Å². The van der Waals surface area contributed by atoms with Crippen LogP contribution in [0.2, 0.25) is 0 Å². The van der Waals surface area contributed by atoms with Crippen molar-refractivity contribution in [3.8, 4) is 0 Å². The van der Waals surface area contributed by atoms with Crippen molar-refractivity contribution in [1.29, 1.82) is 0 Å². The molecule has 2 nitrogen and oxygen atoms in total. The van der Waals surface area contributed by atoms with Crippen molar-refractivity contribution in [2.24, 2.45) is 5.92 Å². The molecule has 0 aliphatic carbocycles. The molecule has 0 aliphatic heterocycles. The minimum absolute atomic E-state index is 0. The summed E-state index contributed by atoms with van der Waals surface area (Å²) in [4.78, 5) is 10.3. The van der Waals surface area contributed by atoms with Crippen LogP contribution in [0.25, 0.3) is 0 Å². The summed E-state index contributed by atoms with van der Waals surface area (Å²) in [5.41, 5.74) is 0. The summed E-state index contributed by atoms with van der Waals surface area (Å²) < 4.78 is 0. The molecule has 0 aliphatic rings. The van der Waals surface area contributed by atoms with Crippen LogP contribution in [-0.2, 0) is 25.9 Å². The third kappa shape index (κ3) is 22.6. The summed E-state index contributed by atoms with van der Waals surface area (Å²) in [6, 6.07) is 0. The van der Waals surface area contributed by atoms with Crippen LogP contribution in [-0.4, -0.2) is 11.1 Å². The van der Waals surface area contributed by atoms with Crippen molar-refractivity contribution >= 4 is 5.97 Å². The van der Waals surface area contributed by atoms with Gasteiger partial charge in [-0.15, -0.1) is 0 Å². The minimum Gasteiger partial charge on any atom is -0.481 e. The van der Waals surface area contributed by atoms with E-state index in [1.807, 2.05) is 0 Å². The number of unbranched alkanes of at least 4 members (excludes halogenated alkanes) is 11. The molecule has 0 unspecified atom stereocenters. The quantitative estimate of drug-likeness (QED) is 0.272. The van der Waals surface area contributed by atoms with Gasteiger partial charge in [0.25, 0.3) is 0 Å². The van der Waals surface area contributed by atoms with E-state index < -0.39 is 5.97 Å². The third-order valence-corrected chi connectivity index (χ3v) is 3.92. The maximum atomic E-state index is 10.3. The molecule has 0 aromatic rings. The van der Waals surface area contributed by atoms with E-state index in [9.17, 15) is 4.79 Å². The maximum Gasteiger partial charge on any atom is 0.303 e. The van der Waals surface area contributed by atoms with Crippen LogP contribution in [0.3, 0.4) is 0 Å². The van der Waals surface area contributed by atoms with Crippen molar-refractivity contribution in [2.45, 2.75) is 104 Å². The van der Waals surface area contributed by atoms with Crippen LogP contribution < -0.4 is 0 Å². The van der Waals surface area contributed by atoms with Crippen molar-refractivity contribution in [2.75, 3.05) is 0 Å². The largest absolute Gasteiger partial charge is 0.481 e. The Morgan fingerprint density at radius 3 is 1.38 bits per heavy atom. The monoisotopic (exact) mass is 382 g/mol. The number of hydrogen-bond acceptors (Lipinski definition) is 1. The topological polar surface area (TPSA) is 37.3 Å². The fourth-order valence-corrected chi connectivity index (χ4v) is 2.60. The standard InChI is InChI=1S/C18H36O2.Mo/c1-17(2)15-13-11-9-7-5-3-4-6-8-10-12-14-16-18(19)20;/h17H,3-16H2,1-2H3,(H,19,20);. The van der Waals surface area contributed by atoms with E-state index in [4.69, 9.17) is 5.11 Å². The van der Waals surface area contributed by atoms with Crippen LogP contribution >= 0.6 is 0 Å². The first-order valence-corrected chi connectivity index (χ1v) is 8.84. The second-order valence-electron chi connectivity index (χ2n) is 6.57. The van der Waals surface area contributed by atoms with Crippen LogP contribution in [0.5, 0.6) is 0 Å². The first-order chi connectivity index (χ1) is 9.63. The molecule has 3 heteroatoms. The van der Waals surface area contributed by atoms with E-state index in [0.717, 1.165) is 18.8 Å². The molecular formula is C18H36MoO2. The van der Waals surface area contributed by atoms with Gasteiger partial charge in [-0.2, -0.15) is 0 Å². The van der Waals surface area contributed by atoms with Crippen LogP contribution in [0, 0.1) is 5.92 Å². The number of carboxylic acid groups (broad SMARTS) is 1. The number of carboxylic acids is 1. The summed E-state index contributed by atoms with van der Waals surface area (Å²) in [7, 11) is 0. The van der Waals surface area contributed by atoms with E-state index in [1.54, 1.807) is 0 Å². The molecule has 0 saturated carbocycles. The van der Waals surface area contributed by atoms with Gasteiger partial charge >= 0.3 is 5.97 Å². The molecule has 0 heterocycles. The fraction of sp³-hybridized carbons (Fsp3) is 0.944. The van der Waals surface area contributed by atoms with Crippen LogP contribution in [0.4, 0.5) is 0 Å². The molecule has 0 aromatic carbocycles. The molecule has 1 N–H and O–H groups in total. The zero-order valence-electron chi connectivity index (χ0n) is 14.2. The van der Waals surface area contributed by atoms with E-state index in [2.05, 4.69) is 13.8 Å². The average molecular weight is 380 g/mol. The van der Waals surface area contributed by atoms with E-state index in [0.29, 0.717) is 6.42 Å². The Hall–Kier alpha value is 0.158. The number of carbonyl (C=O) groups is 1. The van der Waals surface area contributed by atoms with Gasteiger partial charge in [-0.25, -0.2) is 0 Å². The Morgan fingerprint density at radius 1 is 0.714 bits per heavy atom. The number of aliphatic carboxylic acids is 1. The molecule has 21 heavy (non-hydrogen) atoms. The van der Waals surface area contributed by atoms with Crippen LogP contribution in [0.15, 0.2) is 0 Å². The molecule has 0 fully saturated rings. The normalized spacial score (nSPS) is 10.6. The summed E-state index contributed by atoms with van der Waals surface area (Å²) in [5, 5.41) is 8.52. The van der Waals surface area contributed by atoms with E-state index in [-0.39, 0.29) is 21.1 Å². The first-order valence-electron chi connectivity index (χ1n) is 8.84. The fourth-order valence-electron chi connectivity index (χ4n) is 2.60. The summed E-state index contributed by atoms with van der Waals surface area (Å²) in [6.45, 7) is 4.61. The molecule has 0 rings (SSSR count). The van der Waals surface area contributed by atoms with Crippen LogP contribution in [0.1, 0.15) is 104 Å². The summed E-state index contributed by atoms with van der Waals surface area (Å²) in [5.74, 6) is 0.212. The molecule has 0 amide bonds. The number of rotatable bonds is 15. The van der Waals surface area contributed by atoms with Gasteiger partial charge in [0, 0.05) is 27.5 Å². The Kier molecular flexibility index (Phi) is 20.3. The molecule has 0 radical (unpaired) electrons. The van der Waals surface area contributed by atoms with E-state index in [1.165, 1.54) is 70.6 Å². The minimum atomic E-state index is -0.654. The van der Waals surface area contributed by atoms with E-state index >= 15 is 0 Å². The Labute approximate surface area is 146 Å². The molecule has 0 aromatic heterocycles. The Bertz CT molecular complexity index is 217. The van der Waals surface area contributed by atoms with Crippen molar-refractivity contribution in [1.82, 2.24) is 0 Å². The van der Waals surface area contributed by atoms with Gasteiger partial charge in [0.2, 0.25) is 0 Å². The van der Waals surface area contributed by atoms with Gasteiger partial charge in [-0.1, -0.05) is 90.9 Å². The first kappa shape index (κ1) is 23.4. The smallest absolute Gasteiger partial charge is 0.303 e. The third-order valence-electron chi connectivity index (χ3n) is 3.92. The SMILES string of the molecule is CC(C)CCCCCCCCCCCCCCC(=O)O.[Mo]. The molecular weight excluding hydrogens is 344 g/mol. The Morgan fingerprint density at radius 2 is 1.05 bits per heavy atom. The summed E-state index contributed by atoms with van der Waals surface area (Å²) >= 11 is 0. The molecule has 0 bridgehead atoms. The van der Waals surface area contributed by atoms with Gasteiger partial charge in [0.15, 0.2) is 0 Å².